The van der Waals surface area contributed by atoms with Crippen LogP contribution in [-0.2, 0) is 11.2 Å². The zero-order valence-corrected chi connectivity index (χ0v) is 17.6. The summed E-state index contributed by atoms with van der Waals surface area (Å²) in [6.07, 6.45) is -0.0653. The number of fused-ring (bicyclic) bond motifs is 2. The molecule has 170 valence electrons. The van der Waals surface area contributed by atoms with E-state index in [1.54, 1.807) is 32.0 Å². The molecule has 4 rings (SSSR count). The van der Waals surface area contributed by atoms with E-state index in [4.69, 9.17) is 9.47 Å². The molecule has 33 heavy (non-hydrogen) atoms. The lowest BCUT2D eigenvalue weighted by molar-refractivity contribution is -0.107. The molecule has 3 aromatic carbocycles. The van der Waals surface area contributed by atoms with E-state index in [0.717, 1.165) is 6.07 Å². The summed E-state index contributed by atoms with van der Waals surface area (Å²) in [5.41, 5.74) is -0.648. The number of imide groups is 1. The van der Waals surface area contributed by atoms with Crippen molar-refractivity contribution in [3.63, 3.8) is 0 Å². The molecule has 1 aliphatic heterocycles. The first-order chi connectivity index (χ1) is 15.7. The van der Waals surface area contributed by atoms with Gasteiger partial charge in [0, 0.05) is 17.2 Å². The van der Waals surface area contributed by atoms with Gasteiger partial charge in [0.05, 0.1) is 22.9 Å². The van der Waals surface area contributed by atoms with Gasteiger partial charge < -0.3 is 14.3 Å². The zero-order valence-electron chi connectivity index (χ0n) is 17.6. The second-order valence-electron chi connectivity index (χ2n) is 7.59. The summed E-state index contributed by atoms with van der Waals surface area (Å²) < 4.78 is 51.6. The highest BCUT2D eigenvalue weighted by Crippen LogP contribution is 2.46. The van der Waals surface area contributed by atoms with Crippen LogP contribution in [-0.4, -0.2) is 30.8 Å². The largest absolute Gasteiger partial charge is 0.489 e. The fourth-order valence-corrected chi connectivity index (χ4v) is 3.83. The second kappa shape index (κ2) is 8.57. The summed E-state index contributed by atoms with van der Waals surface area (Å²) in [4.78, 5) is 38.2. The van der Waals surface area contributed by atoms with Crippen molar-refractivity contribution in [2.75, 3.05) is 4.90 Å². The van der Waals surface area contributed by atoms with Gasteiger partial charge in [-0.05, 0) is 31.5 Å². The average molecular weight is 457 g/mol. The highest BCUT2D eigenvalue weighted by molar-refractivity contribution is 6.38. The van der Waals surface area contributed by atoms with Gasteiger partial charge in [-0.3, -0.25) is 9.59 Å². The summed E-state index contributed by atoms with van der Waals surface area (Å²) in [5.74, 6) is -3.00. The third-order valence-corrected chi connectivity index (χ3v) is 5.11. The molecular weight excluding hydrogens is 439 g/mol. The lowest BCUT2D eigenvalue weighted by atomic mass is 9.99. The molecule has 0 bridgehead atoms. The van der Waals surface area contributed by atoms with Gasteiger partial charge in [-0.2, -0.15) is 8.78 Å². The minimum absolute atomic E-state index is 0.0520. The van der Waals surface area contributed by atoms with Crippen LogP contribution in [0, 0.1) is 5.82 Å². The molecule has 0 unspecified atom stereocenters. The van der Waals surface area contributed by atoms with Crippen molar-refractivity contribution in [2.45, 2.75) is 33.0 Å². The van der Waals surface area contributed by atoms with Gasteiger partial charge in [0.1, 0.15) is 23.6 Å². The SMILES string of the molecule is CC(C)Oc1c2c(c(OC(F)F)c3ccccc13)C(=O)N(c1ccc(CC=O)c(F)c1)C2=O. The van der Waals surface area contributed by atoms with Crippen LogP contribution in [0.4, 0.5) is 18.9 Å². The third kappa shape index (κ3) is 3.79. The molecule has 1 aliphatic rings. The summed E-state index contributed by atoms with van der Waals surface area (Å²) in [5, 5.41) is 0.485. The standard InChI is InChI=1S/C24H18F3NO5/c1-12(2)32-20-15-5-3-4-6-16(15)21(33-24(26)27)19-18(20)22(30)28(23(19)31)14-8-7-13(9-10-29)17(25)11-14/h3-8,10-12,24H,9H2,1-2H3. The first-order valence-corrected chi connectivity index (χ1v) is 10.1. The zero-order chi connectivity index (χ0) is 23.9. The molecule has 0 aliphatic carbocycles. The minimum atomic E-state index is -3.26. The Labute approximate surface area is 186 Å². The van der Waals surface area contributed by atoms with Gasteiger partial charge in [-0.1, -0.05) is 30.3 Å². The van der Waals surface area contributed by atoms with Crippen molar-refractivity contribution in [3.05, 3.63) is 65.0 Å². The minimum Gasteiger partial charge on any atom is -0.489 e. The fourth-order valence-electron chi connectivity index (χ4n) is 3.83. The van der Waals surface area contributed by atoms with Gasteiger partial charge in [0.25, 0.3) is 11.8 Å². The van der Waals surface area contributed by atoms with E-state index in [1.165, 1.54) is 18.2 Å². The molecule has 0 fully saturated rings. The van der Waals surface area contributed by atoms with Gasteiger partial charge in [0.2, 0.25) is 0 Å². The third-order valence-electron chi connectivity index (χ3n) is 5.11. The number of alkyl halides is 2. The molecule has 2 amide bonds. The van der Waals surface area contributed by atoms with E-state index in [0.29, 0.717) is 16.6 Å². The van der Waals surface area contributed by atoms with Crippen LogP contribution in [0.3, 0.4) is 0 Å². The van der Waals surface area contributed by atoms with E-state index in [1.807, 2.05) is 0 Å². The quantitative estimate of drug-likeness (QED) is 0.372. The monoisotopic (exact) mass is 457 g/mol. The number of amides is 2. The first-order valence-electron chi connectivity index (χ1n) is 10.1. The van der Waals surface area contributed by atoms with Crippen molar-refractivity contribution in [2.24, 2.45) is 0 Å². The number of carbonyl (C=O) groups is 3. The van der Waals surface area contributed by atoms with Crippen molar-refractivity contribution < 1.29 is 37.0 Å². The molecule has 3 aromatic rings. The number of aldehydes is 1. The molecule has 0 saturated carbocycles. The van der Waals surface area contributed by atoms with Crippen LogP contribution >= 0.6 is 0 Å². The molecule has 0 N–H and O–H groups in total. The molecule has 0 aromatic heterocycles. The van der Waals surface area contributed by atoms with E-state index in [2.05, 4.69) is 0 Å². The predicted octanol–water partition coefficient (Wildman–Crippen LogP) is 4.91. The summed E-state index contributed by atoms with van der Waals surface area (Å²) in [6, 6.07) is 9.79. The Balaban J connectivity index is 1.98. The van der Waals surface area contributed by atoms with Crippen LogP contribution < -0.4 is 14.4 Å². The molecule has 1 heterocycles. The van der Waals surface area contributed by atoms with E-state index in [-0.39, 0.29) is 39.9 Å². The number of nitrogens with zero attached hydrogens (tertiary/aromatic N) is 1. The van der Waals surface area contributed by atoms with Crippen molar-refractivity contribution in [1.29, 1.82) is 0 Å². The molecule has 0 atom stereocenters. The highest BCUT2D eigenvalue weighted by Gasteiger charge is 2.44. The van der Waals surface area contributed by atoms with Crippen LogP contribution in [0.5, 0.6) is 11.5 Å². The van der Waals surface area contributed by atoms with Crippen LogP contribution in [0.15, 0.2) is 42.5 Å². The first kappa shape index (κ1) is 22.3. The van der Waals surface area contributed by atoms with Crippen molar-refractivity contribution in [3.8, 4) is 11.5 Å². The van der Waals surface area contributed by atoms with Crippen LogP contribution in [0.1, 0.15) is 40.1 Å². The Morgan fingerprint density at radius 2 is 1.52 bits per heavy atom. The Morgan fingerprint density at radius 1 is 0.939 bits per heavy atom. The summed E-state index contributed by atoms with van der Waals surface area (Å²) in [6.45, 7) is 0.168. The summed E-state index contributed by atoms with van der Waals surface area (Å²) in [7, 11) is 0. The molecule has 0 radical (unpaired) electrons. The number of anilines is 1. The van der Waals surface area contributed by atoms with Crippen molar-refractivity contribution in [1.82, 2.24) is 0 Å². The molecular formula is C24H18F3NO5. The maximum atomic E-state index is 14.4. The van der Waals surface area contributed by atoms with Gasteiger partial charge in [-0.15, -0.1) is 0 Å². The number of carbonyl (C=O) groups excluding carboxylic acids is 3. The summed E-state index contributed by atoms with van der Waals surface area (Å²) >= 11 is 0. The number of rotatable bonds is 7. The van der Waals surface area contributed by atoms with Gasteiger partial charge in [-0.25, -0.2) is 9.29 Å². The Bertz CT molecular complexity index is 1220. The lowest BCUT2D eigenvalue weighted by Gasteiger charge is -2.18. The Kier molecular flexibility index (Phi) is 5.80. The lowest BCUT2D eigenvalue weighted by Crippen LogP contribution is -2.29. The van der Waals surface area contributed by atoms with Crippen LogP contribution in [0.2, 0.25) is 0 Å². The average Bonchev–Trinajstić information content (AvgIpc) is 3.02. The van der Waals surface area contributed by atoms with Crippen molar-refractivity contribution >= 4 is 34.6 Å². The number of ether oxygens (including phenoxy) is 2. The van der Waals surface area contributed by atoms with Gasteiger partial charge >= 0.3 is 6.61 Å². The fraction of sp³-hybridized carbons (Fsp3) is 0.208. The Hall–Kier alpha value is -3.88. The van der Waals surface area contributed by atoms with E-state index >= 15 is 0 Å². The molecule has 0 saturated heterocycles. The molecule has 6 nitrogen and oxygen atoms in total. The molecule has 9 heteroatoms. The second-order valence-corrected chi connectivity index (χ2v) is 7.59. The smallest absolute Gasteiger partial charge is 0.387 e. The topological polar surface area (TPSA) is 72.9 Å². The number of hydrogen-bond acceptors (Lipinski definition) is 5. The predicted molar refractivity (Wildman–Crippen MR) is 114 cm³/mol. The normalized spacial score (nSPS) is 13.2. The number of hydrogen-bond donors (Lipinski definition) is 0. The number of halogens is 3. The highest BCUT2D eigenvalue weighted by atomic mass is 19.3. The maximum absolute atomic E-state index is 14.4. The Morgan fingerprint density at radius 3 is 2.00 bits per heavy atom. The maximum Gasteiger partial charge on any atom is 0.387 e. The molecule has 0 spiro atoms. The van der Waals surface area contributed by atoms with Crippen LogP contribution in [0.25, 0.3) is 10.8 Å². The van der Waals surface area contributed by atoms with E-state index < -0.39 is 36.1 Å². The number of benzene rings is 3. The van der Waals surface area contributed by atoms with Gasteiger partial charge in [0.15, 0.2) is 0 Å². The van der Waals surface area contributed by atoms with E-state index in [9.17, 15) is 27.6 Å².